The van der Waals surface area contributed by atoms with Crippen LogP contribution in [0.4, 0.5) is 0 Å². The Morgan fingerprint density at radius 3 is 2.26 bits per heavy atom. The van der Waals surface area contributed by atoms with Gasteiger partial charge in [0, 0.05) is 17.6 Å². The molecule has 0 bridgehead atoms. The third-order valence-corrected chi connectivity index (χ3v) is 4.93. The van der Waals surface area contributed by atoms with Gasteiger partial charge in [0.2, 0.25) is 0 Å². The molecule has 19 heavy (non-hydrogen) atoms. The highest BCUT2D eigenvalue weighted by Crippen LogP contribution is 2.33. The number of benzene rings is 1. The summed E-state index contributed by atoms with van der Waals surface area (Å²) in [6.07, 6.45) is 8.19. The second-order valence-electron chi connectivity index (χ2n) is 5.62. The van der Waals surface area contributed by atoms with Crippen LogP contribution in [0.15, 0.2) is 28.7 Å². The number of nitrogens with two attached hydrogens (primary N) is 1. The van der Waals surface area contributed by atoms with E-state index in [2.05, 4.69) is 40.2 Å². The zero-order valence-corrected chi connectivity index (χ0v) is 13.3. The molecule has 2 N–H and O–H groups in total. The molecule has 0 spiro atoms. The van der Waals surface area contributed by atoms with Crippen LogP contribution in [0.25, 0.3) is 0 Å². The highest BCUT2D eigenvalue weighted by molar-refractivity contribution is 9.10. The van der Waals surface area contributed by atoms with Crippen LogP contribution in [-0.4, -0.2) is 18.8 Å². The van der Waals surface area contributed by atoms with Crippen LogP contribution in [0, 0.1) is 0 Å². The fourth-order valence-corrected chi connectivity index (χ4v) is 3.38. The number of hydrogen-bond acceptors (Lipinski definition) is 2. The van der Waals surface area contributed by atoms with Gasteiger partial charge in [0.05, 0.1) is 5.60 Å². The van der Waals surface area contributed by atoms with Crippen molar-refractivity contribution in [1.82, 2.24) is 0 Å². The molecule has 2 rings (SSSR count). The first kappa shape index (κ1) is 15.0. The van der Waals surface area contributed by atoms with Gasteiger partial charge >= 0.3 is 0 Å². The number of rotatable bonds is 4. The van der Waals surface area contributed by atoms with Crippen molar-refractivity contribution < 1.29 is 4.74 Å². The van der Waals surface area contributed by atoms with E-state index in [1.807, 2.05) is 7.11 Å². The van der Waals surface area contributed by atoms with Crippen LogP contribution in [0.1, 0.15) is 44.1 Å². The average Bonchev–Trinajstić information content (AvgIpc) is 2.67. The summed E-state index contributed by atoms with van der Waals surface area (Å²) in [7, 11) is 1.83. The van der Waals surface area contributed by atoms with Crippen LogP contribution >= 0.6 is 15.9 Å². The summed E-state index contributed by atoms with van der Waals surface area (Å²) < 4.78 is 6.99. The zero-order valence-electron chi connectivity index (χ0n) is 11.7. The Morgan fingerprint density at radius 1 is 1.16 bits per heavy atom. The molecule has 1 aromatic rings. The van der Waals surface area contributed by atoms with Gasteiger partial charge in [0.25, 0.3) is 0 Å². The number of methoxy groups -OCH3 is 1. The third kappa shape index (κ3) is 3.80. The molecule has 0 amide bonds. The number of ether oxygens (including phenoxy) is 1. The van der Waals surface area contributed by atoms with Gasteiger partial charge in [0.1, 0.15) is 0 Å². The fourth-order valence-electron chi connectivity index (χ4n) is 3.11. The minimum absolute atomic E-state index is 0.0803. The van der Waals surface area contributed by atoms with Crippen molar-refractivity contribution in [2.75, 3.05) is 7.11 Å². The van der Waals surface area contributed by atoms with E-state index in [-0.39, 0.29) is 11.6 Å². The van der Waals surface area contributed by atoms with Crippen molar-refractivity contribution in [2.45, 2.75) is 56.6 Å². The van der Waals surface area contributed by atoms with Crippen molar-refractivity contribution in [3.8, 4) is 0 Å². The van der Waals surface area contributed by atoms with E-state index in [0.29, 0.717) is 0 Å². The minimum Gasteiger partial charge on any atom is -0.377 e. The van der Waals surface area contributed by atoms with Crippen LogP contribution in [0.3, 0.4) is 0 Å². The highest BCUT2D eigenvalue weighted by Gasteiger charge is 2.36. The maximum absolute atomic E-state index is 6.50. The summed E-state index contributed by atoms with van der Waals surface area (Å²) in [6.45, 7) is 0. The molecule has 1 atom stereocenters. The largest absolute Gasteiger partial charge is 0.377 e. The normalized spacial score (nSPS) is 20.8. The van der Waals surface area contributed by atoms with Gasteiger partial charge in [-0.05, 0) is 37.0 Å². The molecule has 3 heteroatoms. The second kappa shape index (κ2) is 6.87. The summed E-state index contributed by atoms with van der Waals surface area (Å²) in [6, 6.07) is 8.52. The maximum atomic E-state index is 6.50. The lowest BCUT2D eigenvalue weighted by Crippen LogP contribution is -2.50. The topological polar surface area (TPSA) is 35.2 Å². The summed E-state index contributed by atoms with van der Waals surface area (Å²) in [5, 5.41) is 0. The monoisotopic (exact) mass is 325 g/mol. The SMILES string of the molecule is COC1(C(N)Cc2ccc(Br)cc2)CCCCCC1. The molecular formula is C16H24BrNO. The Hall–Kier alpha value is -0.380. The van der Waals surface area contributed by atoms with Gasteiger partial charge in [0.15, 0.2) is 0 Å². The summed E-state index contributed by atoms with van der Waals surface area (Å²) in [5.74, 6) is 0. The maximum Gasteiger partial charge on any atom is 0.0832 e. The molecule has 0 aliphatic heterocycles. The summed E-state index contributed by atoms with van der Waals surface area (Å²) in [4.78, 5) is 0. The molecule has 0 heterocycles. The first-order chi connectivity index (χ1) is 9.16. The zero-order chi connectivity index (χ0) is 13.7. The molecule has 1 unspecified atom stereocenters. The Bertz CT molecular complexity index is 382. The van der Waals surface area contributed by atoms with E-state index in [1.165, 1.54) is 31.2 Å². The smallest absolute Gasteiger partial charge is 0.0832 e. The Labute approximate surface area is 124 Å². The van der Waals surface area contributed by atoms with E-state index in [4.69, 9.17) is 10.5 Å². The van der Waals surface area contributed by atoms with Crippen LogP contribution < -0.4 is 5.73 Å². The van der Waals surface area contributed by atoms with E-state index in [1.54, 1.807) is 0 Å². The molecule has 106 valence electrons. The molecule has 0 radical (unpaired) electrons. The predicted molar refractivity (Wildman–Crippen MR) is 83.3 cm³/mol. The number of hydrogen-bond donors (Lipinski definition) is 1. The van der Waals surface area contributed by atoms with Crippen molar-refractivity contribution >= 4 is 15.9 Å². The van der Waals surface area contributed by atoms with Crippen LogP contribution in [0.2, 0.25) is 0 Å². The number of halogens is 1. The molecule has 1 aromatic carbocycles. The van der Waals surface area contributed by atoms with Crippen molar-refractivity contribution in [2.24, 2.45) is 5.73 Å². The lowest BCUT2D eigenvalue weighted by Gasteiger charge is -2.37. The molecular weight excluding hydrogens is 302 g/mol. The van der Waals surface area contributed by atoms with Gasteiger partial charge in [-0.3, -0.25) is 0 Å². The minimum atomic E-state index is -0.121. The Kier molecular flexibility index (Phi) is 5.43. The molecule has 2 nitrogen and oxygen atoms in total. The Morgan fingerprint density at radius 2 is 1.74 bits per heavy atom. The molecule has 1 aliphatic carbocycles. The predicted octanol–water partition coefficient (Wildman–Crippen LogP) is 4.06. The van der Waals surface area contributed by atoms with Crippen molar-refractivity contribution in [3.63, 3.8) is 0 Å². The van der Waals surface area contributed by atoms with Crippen molar-refractivity contribution in [3.05, 3.63) is 34.3 Å². The van der Waals surface area contributed by atoms with E-state index >= 15 is 0 Å². The van der Waals surface area contributed by atoms with Gasteiger partial charge in [-0.1, -0.05) is 53.7 Å². The molecule has 0 saturated heterocycles. The lowest BCUT2D eigenvalue weighted by atomic mass is 9.83. The lowest BCUT2D eigenvalue weighted by molar-refractivity contribution is -0.0430. The van der Waals surface area contributed by atoms with E-state index in [0.717, 1.165) is 23.7 Å². The standard InChI is InChI=1S/C16H24BrNO/c1-19-16(10-4-2-3-5-11-16)15(18)12-13-6-8-14(17)9-7-13/h6-9,15H,2-5,10-12,18H2,1H3. The third-order valence-electron chi connectivity index (χ3n) is 4.40. The summed E-state index contributed by atoms with van der Waals surface area (Å²) >= 11 is 3.47. The van der Waals surface area contributed by atoms with E-state index < -0.39 is 0 Å². The molecule has 1 fully saturated rings. The molecule has 1 aliphatic rings. The van der Waals surface area contributed by atoms with Gasteiger partial charge in [-0.2, -0.15) is 0 Å². The van der Waals surface area contributed by atoms with Gasteiger partial charge in [-0.15, -0.1) is 0 Å². The molecule has 1 saturated carbocycles. The van der Waals surface area contributed by atoms with Gasteiger partial charge in [-0.25, -0.2) is 0 Å². The fraction of sp³-hybridized carbons (Fsp3) is 0.625. The Balaban J connectivity index is 2.07. The summed E-state index contributed by atoms with van der Waals surface area (Å²) in [5.41, 5.74) is 7.66. The van der Waals surface area contributed by atoms with E-state index in [9.17, 15) is 0 Å². The first-order valence-electron chi connectivity index (χ1n) is 7.21. The van der Waals surface area contributed by atoms with Gasteiger partial charge < -0.3 is 10.5 Å². The quantitative estimate of drug-likeness (QED) is 0.847. The molecule has 0 aromatic heterocycles. The average molecular weight is 326 g/mol. The van der Waals surface area contributed by atoms with Crippen LogP contribution in [0.5, 0.6) is 0 Å². The highest BCUT2D eigenvalue weighted by atomic mass is 79.9. The second-order valence-corrected chi connectivity index (χ2v) is 6.54. The first-order valence-corrected chi connectivity index (χ1v) is 8.01. The van der Waals surface area contributed by atoms with Crippen LogP contribution in [-0.2, 0) is 11.2 Å². The van der Waals surface area contributed by atoms with Crippen molar-refractivity contribution in [1.29, 1.82) is 0 Å².